The minimum Gasteiger partial charge on any atom is -0.375 e. The first-order valence-corrected chi connectivity index (χ1v) is 8.76. The van der Waals surface area contributed by atoms with Crippen LogP contribution in [0.2, 0.25) is 0 Å². The van der Waals surface area contributed by atoms with E-state index < -0.39 is 5.03 Å². The normalized spacial score (nSPS) is 27.7. The van der Waals surface area contributed by atoms with Crippen molar-refractivity contribution >= 4 is 5.96 Å². The van der Waals surface area contributed by atoms with Gasteiger partial charge in [0.15, 0.2) is 5.03 Å². The van der Waals surface area contributed by atoms with Gasteiger partial charge in [0.05, 0.1) is 18.3 Å². The zero-order valence-electron chi connectivity index (χ0n) is 15.4. The van der Waals surface area contributed by atoms with E-state index >= 15 is 0 Å². The van der Waals surface area contributed by atoms with Gasteiger partial charge in [0.2, 0.25) is 0 Å². The lowest BCUT2D eigenvalue weighted by Gasteiger charge is -2.29. The molecule has 2 fully saturated rings. The zero-order valence-corrected chi connectivity index (χ0v) is 15.4. The van der Waals surface area contributed by atoms with E-state index in [1.54, 1.807) is 0 Å². The lowest BCUT2D eigenvalue weighted by atomic mass is 9.97. The molecule has 2 heterocycles. The molecule has 0 aliphatic carbocycles. The van der Waals surface area contributed by atoms with Crippen LogP contribution in [0.4, 0.5) is 0 Å². The highest BCUT2D eigenvalue weighted by Gasteiger charge is 2.38. The maximum absolute atomic E-state index is 11.0. The van der Waals surface area contributed by atoms with Crippen LogP contribution in [0.5, 0.6) is 0 Å². The Balaban J connectivity index is 2.05. The first-order valence-electron chi connectivity index (χ1n) is 8.76. The first-order chi connectivity index (χ1) is 11.2. The summed E-state index contributed by atoms with van der Waals surface area (Å²) in [6, 6.07) is 0. The molecule has 3 unspecified atom stereocenters. The van der Waals surface area contributed by atoms with Gasteiger partial charge in [0, 0.05) is 25.6 Å². The van der Waals surface area contributed by atoms with Crippen LogP contribution in [0.3, 0.4) is 0 Å². The molecule has 138 valence electrons. The van der Waals surface area contributed by atoms with E-state index in [1.807, 2.05) is 23.6 Å². The second kappa shape index (κ2) is 7.65. The van der Waals surface area contributed by atoms with Crippen LogP contribution in [0.25, 0.3) is 0 Å². The topological polar surface area (TPSA) is 80.4 Å². The third-order valence-corrected chi connectivity index (χ3v) is 4.73. The average Bonchev–Trinajstić information content (AvgIpc) is 3.02. The predicted octanol–water partition coefficient (Wildman–Crippen LogP) is 2.13. The van der Waals surface area contributed by atoms with Gasteiger partial charge in [0.25, 0.3) is 5.96 Å². The molecule has 0 aromatic heterocycles. The van der Waals surface area contributed by atoms with Gasteiger partial charge < -0.3 is 19.3 Å². The Morgan fingerprint density at radius 2 is 2.17 bits per heavy atom. The quantitative estimate of drug-likeness (QED) is 0.521. The molecule has 2 aliphatic heterocycles. The summed E-state index contributed by atoms with van der Waals surface area (Å²) in [4.78, 5) is 14.9. The molecule has 0 aromatic carbocycles. The fourth-order valence-corrected chi connectivity index (χ4v) is 3.41. The smallest absolute Gasteiger partial charge is 0.276 e. The highest BCUT2D eigenvalue weighted by atomic mass is 16.7. The lowest BCUT2D eigenvalue weighted by Crippen LogP contribution is -2.43. The van der Waals surface area contributed by atoms with Crippen molar-refractivity contribution in [2.24, 2.45) is 11.0 Å². The molecule has 0 saturated carbocycles. The molecule has 0 aromatic rings. The summed E-state index contributed by atoms with van der Waals surface area (Å²) < 4.78 is 11.7. The number of nitrogens with zero attached hydrogens (tertiary/aromatic N) is 4. The van der Waals surface area contributed by atoms with Crippen LogP contribution in [0.1, 0.15) is 47.5 Å². The van der Waals surface area contributed by atoms with Gasteiger partial charge in [-0.2, -0.15) is 0 Å². The molecular formula is C16H30N4O4. The van der Waals surface area contributed by atoms with Gasteiger partial charge in [-0.25, -0.2) is 10.1 Å². The van der Waals surface area contributed by atoms with E-state index in [9.17, 15) is 10.1 Å². The number of hydrogen-bond acceptors (Lipinski definition) is 4. The summed E-state index contributed by atoms with van der Waals surface area (Å²) in [5.74, 6) is 0.767. The summed E-state index contributed by atoms with van der Waals surface area (Å²) in [6.07, 6.45) is 1.72. The molecule has 2 rings (SSSR count). The Kier molecular flexibility index (Phi) is 6.03. The minimum absolute atomic E-state index is 0.106. The van der Waals surface area contributed by atoms with Gasteiger partial charge in [-0.15, -0.1) is 0 Å². The van der Waals surface area contributed by atoms with Crippen LogP contribution in [0.15, 0.2) is 5.10 Å². The largest absolute Gasteiger partial charge is 0.375 e. The van der Waals surface area contributed by atoms with Gasteiger partial charge in [-0.05, 0) is 40.5 Å². The van der Waals surface area contributed by atoms with Crippen molar-refractivity contribution in [3.63, 3.8) is 0 Å². The average molecular weight is 342 g/mol. The van der Waals surface area contributed by atoms with Gasteiger partial charge in [-0.1, -0.05) is 6.92 Å². The van der Waals surface area contributed by atoms with E-state index in [0.717, 1.165) is 25.9 Å². The van der Waals surface area contributed by atoms with Crippen molar-refractivity contribution in [3.8, 4) is 0 Å². The standard InChI is InChI=1S/C16H30N4O4/c1-6-12(2)24-13(3)19-8-7-18(15(19)17-20(21)22)10-14-9-16(4,5)23-11-14/h12-14H,6-11H2,1-5H3. The molecule has 2 saturated heterocycles. The first kappa shape index (κ1) is 18.9. The summed E-state index contributed by atoms with van der Waals surface area (Å²) >= 11 is 0. The summed E-state index contributed by atoms with van der Waals surface area (Å²) in [5, 5.41) is 14.0. The molecule has 0 bridgehead atoms. The van der Waals surface area contributed by atoms with Crippen LogP contribution < -0.4 is 0 Å². The Hall–Kier alpha value is -1.41. The second-order valence-corrected chi connectivity index (χ2v) is 7.37. The number of guanidine groups is 1. The van der Waals surface area contributed by atoms with Crippen LogP contribution in [0, 0.1) is 16.0 Å². The molecule has 0 radical (unpaired) electrons. The van der Waals surface area contributed by atoms with Crippen molar-refractivity contribution in [3.05, 3.63) is 10.1 Å². The molecular weight excluding hydrogens is 312 g/mol. The second-order valence-electron chi connectivity index (χ2n) is 7.37. The fraction of sp³-hybridized carbons (Fsp3) is 0.938. The Labute approximate surface area is 143 Å². The van der Waals surface area contributed by atoms with Crippen molar-refractivity contribution in [2.75, 3.05) is 26.2 Å². The number of nitro groups is 1. The summed E-state index contributed by atoms with van der Waals surface area (Å²) in [6.45, 7) is 13.0. The molecule has 3 atom stereocenters. The molecule has 8 nitrogen and oxygen atoms in total. The number of hydrogen-bond donors (Lipinski definition) is 0. The van der Waals surface area contributed by atoms with Crippen molar-refractivity contribution in [2.45, 2.75) is 65.4 Å². The summed E-state index contributed by atoms with van der Waals surface area (Å²) in [7, 11) is 0. The molecule has 0 N–H and O–H groups in total. The predicted molar refractivity (Wildman–Crippen MR) is 91.1 cm³/mol. The van der Waals surface area contributed by atoms with E-state index in [-0.39, 0.29) is 17.9 Å². The molecule has 8 heteroatoms. The van der Waals surface area contributed by atoms with Crippen molar-refractivity contribution in [1.82, 2.24) is 9.80 Å². The third kappa shape index (κ3) is 4.80. The Morgan fingerprint density at radius 3 is 2.71 bits per heavy atom. The Bertz CT molecular complexity index is 483. The third-order valence-electron chi connectivity index (χ3n) is 4.73. The minimum atomic E-state index is -0.619. The maximum Gasteiger partial charge on any atom is 0.276 e. The fourth-order valence-electron chi connectivity index (χ4n) is 3.41. The van der Waals surface area contributed by atoms with Gasteiger partial charge in [0.1, 0.15) is 11.3 Å². The van der Waals surface area contributed by atoms with Crippen LogP contribution >= 0.6 is 0 Å². The molecule has 24 heavy (non-hydrogen) atoms. The van der Waals surface area contributed by atoms with Gasteiger partial charge in [-0.3, -0.25) is 0 Å². The number of ether oxygens (including phenoxy) is 2. The molecule has 0 amide bonds. The lowest BCUT2D eigenvalue weighted by molar-refractivity contribution is -0.486. The molecule has 2 aliphatic rings. The van der Waals surface area contributed by atoms with Crippen molar-refractivity contribution < 1.29 is 14.5 Å². The van der Waals surface area contributed by atoms with Crippen LogP contribution in [-0.4, -0.2) is 65.0 Å². The van der Waals surface area contributed by atoms with E-state index in [1.165, 1.54) is 0 Å². The van der Waals surface area contributed by atoms with Gasteiger partial charge >= 0.3 is 0 Å². The number of hydrazone groups is 1. The summed E-state index contributed by atoms with van der Waals surface area (Å²) in [5.41, 5.74) is -0.114. The Morgan fingerprint density at radius 1 is 1.46 bits per heavy atom. The SMILES string of the molecule is CCC(C)OC(C)N1CCN(CC2COC(C)(C)C2)C1=N[N+](=O)[O-]. The van der Waals surface area contributed by atoms with E-state index in [2.05, 4.69) is 25.9 Å². The highest BCUT2D eigenvalue weighted by molar-refractivity contribution is 5.81. The highest BCUT2D eigenvalue weighted by Crippen LogP contribution is 2.30. The van der Waals surface area contributed by atoms with E-state index in [4.69, 9.17) is 9.47 Å². The zero-order chi connectivity index (χ0) is 17.9. The van der Waals surface area contributed by atoms with Crippen molar-refractivity contribution in [1.29, 1.82) is 0 Å². The molecule has 0 spiro atoms. The number of rotatable bonds is 7. The van der Waals surface area contributed by atoms with E-state index in [0.29, 0.717) is 25.0 Å². The van der Waals surface area contributed by atoms with Crippen LogP contribution in [-0.2, 0) is 9.47 Å². The monoisotopic (exact) mass is 342 g/mol. The maximum atomic E-state index is 11.0.